The van der Waals surface area contributed by atoms with Crippen LogP contribution in [0.1, 0.15) is 45.1 Å². The van der Waals surface area contributed by atoms with Crippen LogP contribution in [0.2, 0.25) is 0 Å². The van der Waals surface area contributed by atoms with Crippen molar-refractivity contribution < 1.29 is 18.0 Å². The number of alkyl halides is 3. The monoisotopic (exact) mass is 405 g/mol. The third kappa shape index (κ3) is 6.03. The molecule has 1 amide bonds. The Morgan fingerprint density at radius 3 is 2.52 bits per heavy atom. The predicted molar refractivity (Wildman–Crippen MR) is 107 cm³/mol. The van der Waals surface area contributed by atoms with E-state index in [4.69, 9.17) is 0 Å². The summed E-state index contributed by atoms with van der Waals surface area (Å²) in [5.74, 6) is -1.99. The highest BCUT2D eigenvalue weighted by molar-refractivity contribution is 5.95. The predicted octanol–water partition coefficient (Wildman–Crippen LogP) is 5.31. The quantitative estimate of drug-likeness (QED) is 0.709. The molecule has 3 rings (SSSR count). The van der Waals surface area contributed by atoms with Gasteiger partial charge in [-0.05, 0) is 54.9 Å². The van der Waals surface area contributed by atoms with Crippen molar-refractivity contribution in [2.45, 2.75) is 58.3 Å². The zero-order valence-corrected chi connectivity index (χ0v) is 16.6. The molecule has 156 valence electrons. The first-order valence-corrected chi connectivity index (χ1v) is 9.79. The van der Waals surface area contributed by atoms with E-state index in [1.54, 1.807) is 18.3 Å². The first-order chi connectivity index (χ1) is 13.6. The van der Waals surface area contributed by atoms with Crippen LogP contribution in [0.4, 0.5) is 18.9 Å². The molecule has 0 aliphatic heterocycles. The highest BCUT2D eigenvalue weighted by Crippen LogP contribution is 2.35. The molecule has 7 heteroatoms. The molecule has 1 aliphatic rings. The van der Waals surface area contributed by atoms with Gasteiger partial charge in [0.15, 0.2) is 0 Å². The van der Waals surface area contributed by atoms with E-state index in [2.05, 4.69) is 24.1 Å². The van der Waals surface area contributed by atoms with Crippen LogP contribution >= 0.6 is 0 Å². The van der Waals surface area contributed by atoms with Gasteiger partial charge in [0.25, 0.3) is 0 Å². The molecule has 4 nitrogen and oxygen atoms in total. The number of halogens is 3. The van der Waals surface area contributed by atoms with Gasteiger partial charge in [-0.25, -0.2) is 0 Å². The topological polar surface area (TPSA) is 54.0 Å². The molecule has 1 heterocycles. The van der Waals surface area contributed by atoms with Gasteiger partial charge in [-0.3, -0.25) is 9.78 Å². The number of nitrogens with one attached hydrogen (secondary N) is 2. The molecule has 0 spiro atoms. The number of hydrogen-bond acceptors (Lipinski definition) is 3. The summed E-state index contributed by atoms with van der Waals surface area (Å²) in [4.78, 5) is 15.5. The number of hydrogen-bond donors (Lipinski definition) is 2. The van der Waals surface area contributed by atoms with E-state index < -0.39 is 12.1 Å². The van der Waals surface area contributed by atoms with Gasteiger partial charge in [-0.2, -0.15) is 13.2 Å². The highest BCUT2D eigenvalue weighted by atomic mass is 19.4. The standard InChI is InChI=1S/C22H26F3N3O/c1-21(2)10-8-17(9-11-21)26-13-15-6-7-19(27-14-15)16-4-3-5-18(12-16)28-20(29)22(23,24)25/h3-7,12,14,17,26H,8-11,13H2,1-2H3,(H,28,29). The van der Waals surface area contributed by atoms with E-state index in [-0.39, 0.29) is 5.69 Å². The van der Waals surface area contributed by atoms with Crippen LogP contribution in [-0.2, 0) is 11.3 Å². The fraction of sp³-hybridized carbons (Fsp3) is 0.455. The van der Waals surface area contributed by atoms with E-state index in [1.807, 2.05) is 17.4 Å². The van der Waals surface area contributed by atoms with Gasteiger partial charge in [0.1, 0.15) is 0 Å². The smallest absolute Gasteiger partial charge is 0.318 e. The molecule has 29 heavy (non-hydrogen) atoms. The van der Waals surface area contributed by atoms with Crippen LogP contribution in [0.3, 0.4) is 0 Å². The largest absolute Gasteiger partial charge is 0.471 e. The van der Waals surface area contributed by atoms with E-state index in [0.717, 1.165) is 12.1 Å². The fourth-order valence-electron chi connectivity index (χ4n) is 3.52. The molecule has 0 saturated heterocycles. The molecular weight excluding hydrogens is 379 g/mol. The summed E-state index contributed by atoms with van der Waals surface area (Å²) in [6.07, 6.45) is 1.66. The first kappa shape index (κ1) is 21.3. The minimum absolute atomic E-state index is 0.0811. The number of anilines is 1. The summed E-state index contributed by atoms with van der Waals surface area (Å²) in [7, 11) is 0. The van der Waals surface area contributed by atoms with Crippen molar-refractivity contribution in [3.8, 4) is 11.3 Å². The molecular formula is C22H26F3N3O. The Bertz CT molecular complexity index is 837. The van der Waals surface area contributed by atoms with Gasteiger partial charge in [0.05, 0.1) is 5.69 Å². The Morgan fingerprint density at radius 2 is 1.90 bits per heavy atom. The number of rotatable bonds is 5. The van der Waals surface area contributed by atoms with E-state index >= 15 is 0 Å². The highest BCUT2D eigenvalue weighted by Gasteiger charge is 2.38. The van der Waals surface area contributed by atoms with Crippen molar-refractivity contribution in [2.24, 2.45) is 5.41 Å². The lowest BCUT2D eigenvalue weighted by Crippen LogP contribution is -2.35. The maximum atomic E-state index is 12.4. The van der Waals surface area contributed by atoms with Crippen LogP contribution in [0.5, 0.6) is 0 Å². The Balaban J connectivity index is 1.59. The minimum Gasteiger partial charge on any atom is -0.318 e. The minimum atomic E-state index is -4.92. The van der Waals surface area contributed by atoms with Gasteiger partial charge in [0, 0.05) is 30.0 Å². The van der Waals surface area contributed by atoms with Crippen molar-refractivity contribution in [1.29, 1.82) is 0 Å². The SMILES string of the molecule is CC1(C)CCC(NCc2ccc(-c3cccc(NC(=O)C(F)(F)F)c3)nc2)CC1. The number of amides is 1. The summed E-state index contributed by atoms with van der Waals surface area (Å²) in [5.41, 5.74) is 2.85. The lowest BCUT2D eigenvalue weighted by molar-refractivity contribution is -0.167. The summed E-state index contributed by atoms with van der Waals surface area (Å²) < 4.78 is 37.3. The molecule has 1 aromatic heterocycles. The van der Waals surface area contributed by atoms with Crippen LogP contribution in [0.25, 0.3) is 11.3 Å². The van der Waals surface area contributed by atoms with Crippen molar-refractivity contribution in [2.75, 3.05) is 5.32 Å². The van der Waals surface area contributed by atoms with Gasteiger partial charge in [0.2, 0.25) is 0 Å². The maximum absolute atomic E-state index is 12.4. The number of aromatic nitrogens is 1. The number of pyridine rings is 1. The summed E-state index contributed by atoms with van der Waals surface area (Å²) in [6.45, 7) is 5.37. The molecule has 0 radical (unpaired) electrons. The van der Waals surface area contributed by atoms with Crippen LogP contribution in [0, 0.1) is 5.41 Å². The Morgan fingerprint density at radius 1 is 1.17 bits per heavy atom. The van der Waals surface area contributed by atoms with Gasteiger partial charge in [-0.1, -0.05) is 32.0 Å². The van der Waals surface area contributed by atoms with Gasteiger partial charge < -0.3 is 10.6 Å². The summed E-state index contributed by atoms with van der Waals surface area (Å²) in [6, 6.07) is 10.5. The van der Waals surface area contributed by atoms with Crippen molar-refractivity contribution >= 4 is 11.6 Å². The number of nitrogens with zero attached hydrogens (tertiary/aromatic N) is 1. The third-order valence-electron chi connectivity index (χ3n) is 5.43. The maximum Gasteiger partial charge on any atom is 0.471 e. The van der Waals surface area contributed by atoms with Gasteiger partial charge in [-0.15, -0.1) is 0 Å². The first-order valence-electron chi connectivity index (χ1n) is 9.79. The number of benzene rings is 1. The number of carbonyl (C=O) groups excluding carboxylic acids is 1. The van der Waals surface area contributed by atoms with E-state index in [0.29, 0.717) is 22.7 Å². The molecule has 0 atom stereocenters. The lowest BCUT2D eigenvalue weighted by Gasteiger charge is -2.34. The summed E-state index contributed by atoms with van der Waals surface area (Å²) in [5, 5.41) is 5.45. The second-order valence-electron chi connectivity index (χ2n) is 8.40. The molecule has 1 aliphatic carbocycles. The molecule has 0 bridgehead atoms. The Kier molecular flexibility index (Phi) is 6.27. The Hall–Kier alpha value is -2.41. The molecule has 2 N–H and O–H groups in total. The second-order valence-corrected chi connectivity index (χ2v) is 8.40. The van der Waals surface area contributed by atoms with Crippen LogP contribution in [0.15, 0.2) is 42.6 Å². The molecule has 2 aromatic rings. The lowest BCUT2D eigenvalue weighted by atomic mass is 9.75. The van der Waals surface area contributed by atoms with Gasteiger partial charge >= 0.3 is 12.1 Å². The van der Waals surface area contributed by atoms with Crippen molar-refractivity contribution in [1.82, 2.24) is 10.3 Å². The van der Waals surface area contributed by atoms with Crippen LogP contribution in [-0.4, -0.2) is 23.1 Å². The third-order valence-corrected chi connectivity index (χ3v) is 5.43. The van der Waals surface area contributed by atoms with Crippen LogP contribution < -0.4 is 10.6 Å². The zero-order chi connectivity index (χ0) is 21.1. The zero-order valence-electron chi connectivity index (χ0n) is 16.6. The second kappa shape index (κ2) is 8.53. The van der Waals surface area contributed by atoms with Crippen molar-refractivity contribution in [3.05, 3.63) is 48.2 Å². The molecule has 1 fully saturated rings. The summed E-state index contributed by atoms with van der Waals surface area (Å²) >= 11 is 0. The average Bonchev–Trinajstić information content (AvgIpc) is 2.67. The average molecular weight is 405 g/mol. The van der Waals surface area contributed by atoms with Crippen molar-refractivity contribution in [3.63, 3.8) is 0 Å². The van der Waals surface area contributed by atoms with E-state index in [1.165, 1.54) is 37.8 Å². The molecule has 0 unspecified atom stereocenters. The fourth-order valence-corrected chi connectivity index (χ4v) is 3.52. The number of carbonyl (C=O) groups is 1. The molecule has 1 saturated carbocycles. The van der Waals surface area contributed by atoms with E-state index in [9.17, 15) is 18.0 Å². The molecule has 1 aromatic carbocycles. The Labute approximate surface area is 168 Å². The normalized spacial score (nSPS) is 17.1.